The summed E-state index contributed by atoms with van der Waals surface area (Å²) in [5, 5.41) is 0.801. The minimum absolute atomic E-state index is 0.160. The average Bonchev–Trinajstić information content (AvgIpc) is 2.84. The molecule has 7 heteroatoms. The molecule has 3 aromatic carbocycles. The van der Waals surface area contributed by atoms with E-state index >= 15 is 0 Å². The lowest BCUT2D eigenvalue weighted by Crippen LogP contribution is -2.30. The molecule has 1 aliphatic rings. The molecule has 0 fully saturated rings. The zero-order chi connectivity index (χ0) is 17.8. The summed E-state index contributed by atoms with van der Waals surface area (Å²) in [5.74, 6) is -1.25. The molecule has 0 aromatic heterocycles. The molecule has 0 bridgehead atoms. The highest BCUT2D eigenvalue weighted by Crippen LogP contribution is 2.37. The van der Waals surface area contributed by atoms with Gasteiger partial charge in [-0.15, -0.1) is 0 Å². The fraction of sp³-hybridized carbons (Fsp3) is 0. The van der Waals surface area contributed by atoms with E-state index in [0.29, 0.717) is 5.39 Å². The fourth-order valence-electron chi connectivity index (χ4n) is 3.09. The van der Waals surface area contributed by atoms with Gasteiger partial charge in [-0.25, -0.2) is 4.90 Å². The molecular formula is C18H11NO5S. The number of hydrogen-bond acceptors (Lipinski definition) is 4. The van der Waals surface area contributed by atoms with Crippen LogP contribution in [0.25, 0.3) is 10.8 Å². The first-order valence-electron chi connectivity index (χ1n) is 7.36. The lowest BCUT2D eigenvalue weighted by Gasteiger charge is -2.18. The van der Waals surface area contributed by atoms with Gasteiger partial charge >= 0.3 is 0 Å². The molecule has 0 aliphatic carbocycles. The van der Waals surface area contributed by atoms with Gasteiger partial charge in [0.05, 0.1) is 16.8 Å². The number of imide groups is 1. The zero-order valence-electron chi connectivity index (χ0n) is 12.7. The first-order chi connectivity index (χ1) is 11.9. The van der Waals surface area contributed by atoms with Gasteiger partial charge in [0.15, 0.2) is 0 Å². The van der Waals surface area contributed by atoms with E-state index in [0.717, 1.165) is 4.90 Å². The van der Waals surface area contributed by atoms with Gasteiger partial charge in [0.1, 0.15) is 4.90 Å². The molecule has 0 spiro atoms. The Kier molecular flexibility index (Phi) is 3.24. The van der Waals surface area contributed by atoms with Crippen LogP contribution in [0.1, 0.15) is 20.7 Å². The second kappa shape index (κ2) is 5.23. The fourth-order valence-corrected chi connectivity index (χ4v) is 3.97. The van der Waals surface area contributed by atoms with Gasteiger partial charge < -0.3 is 0 Å². The summed E-state index contributed by atoms with van der Waals surface area (Å²) in [5.41, 5.74) is 0.233. The summed E-state index contributed by atoms with van der Waals surface area (Å²) in [4.78, 5) is 25.6. The van der Waals surface area contributed by atoms with Crippen LogP contribution < -0.4 is 4.90 Å². The molecule has 25 heavy (non-hydrogen) atoms. The third-order valence-electron chi connectivity index (χ3n) is 4.15. The third kappa shape index (κ3) is 2.25. The van der Waals surface area contributed by atoms with Crippen LogP contribution >= 0.6 is 0 Å². The molecule has 124 valence electrons. The number of nitrogens with zero attached hydrogens (tertiary/aromatic N) is 1. The molecule has 0 unspecified atom stereocenters. The van der Waals surface area contributed by atoms with Gasteiger partial charge in [0.2, 0.25) is 0 Å². The smallest absolute Gasteiger partial charge is 0.282 e. The maximum absolute atomic E-state index is 12.7. The van der Waals surface area contributed by atoms with E-state index in [1.807, 2.05) is 0 Å². The molecule has 1 N–H and O–H groups in total. The Labute approximate surface area is 143 Å². The number of benzene rings is 3. The Bertz CT molecular complexity index is 1130. The van der Waals surface area contributed by atoms with Crippen LogP contribution in [0.15, 0.2) is 65.6 Å². The molecule has 4 rings (SSSR count). The van der Waals surface area contributed by atoms with Gasteiger partial charge in [-0.1, -0.05) is 42.5 Å². The summed E-state index contributed by atoms with van der Waals surface area (Å²) in [6.07, 6.45) is 0. The minimum atomic E-state index is -4.68. The highest BCUT2D eigenvalue weighted by Gasteiger charge is 2.39. The van der Waals surface area contributed by atoms with Crippen molar-refractivity contribution in [2.75, 3.05) is 4.90 Å². The third-order valence-corrected chi connectivity index (χ3v) is 5.10. The second-order valence-electron chi connectivity index (χ2n) is 5.60. The number of carbonyl (C=O) groups is 2. The van der Waals surface area contributed by atoms with Gasteiger partial charge in [-0.05, 0) is 23.6 Å². The molecular weight excluding hydrogens is 342 g/mol. The Balaban J connectivity index is 2.04. The number of hydrogen-bond donors (Lipinski definition) is 1. The van der Waals surface area contributed by atoms with Crippen LogP contribution in [0.4, 0.5) is 5.69 Å². The molecule has 0 atom stereocenters. The molecule has 3 aromatic rings. The van der Waals surface area contributed by atoms with E-state index in [1.54, 1.807) is 36.4 Å². The van der Waals surface area contributed by atoms with E-state index in [1.165, 1.54) is 24.3 Å². The Morgan fingerprint density at radius 1 is 0.760 bits per heavy atom. The summed E-state index contributed by atoms with van der Waals surface area (Å²) in [7, 11) is -4.68. The lowest BCUT2D eigenvalue weighted by atomic mass is 10.1. The average molecular weight is 353 g/mol. The highest BCUT2D eigenvalue weighted by molar-refractivity contribution is 7.86. The van der Waals surface area contributed by atoms with Crippen LogP contribution in [0, 0.1) is 0 Å². The molecule has 2 amide bonds. The van der Waals surface area contributed by atoms with Crippen molar-refractivity contribution >= 4 is 38.4 Å². The SMILES string of the molecule is O=C1c2ccccc2C(=O)N1c1ccc2ccccc2c1S(=O)(=O)O. The summed E-state index contributed by atoms with van der Waals surface area (Å²) in [6, 6.07) is 15.7. The number of amides is 2. The predicted octanol–water partition coefficient (Wildman–Crippen LogP) is 2.89. The van der Waals surface area contributed by atoms with E-state index < -0.39 is 26.8 Å². The molecule has 0 radical (unpaired) electrons. The number of carbonyl (C=O) groups excluding carboxylic acids is 2. The van der Waals surface area contributed by atoms with Crippen LogP contribution in [-0.2, 0) is 10.1 Å². The van der Waals surface area contributed by atoms with Crippen LogP contribution in [0.5, 0.6) is 0 Å². The van der Waals surface area contributed by atoms with Gasteiger partial charge in [0, 0.05) is 5.39 Å². The van der Waals surface area contributed by atoms with Crippen LogP contribution in [0.3, 0.4) is 0 Å². The van der Waals surface area contributed by atoms with Gasteiger partial charge in [0.25, 0.3) is 21.9 Å². The summed E-state index contributed by atoms with van der Waals surface area (Å²) in [6.45, 7) is 0. The van der Waals surface area contributed by atoms with E-state index in [-0.39, 0.29) is 22.2 Å². The van der Waals surface area contributed by atoms with Gasteiger partial charge in [-0.3, -0.25) is 14.1 Å². The Hall–Kier alpha value is -3.03. The second-order valence-corrected chi connectivity index (χ2v) is 6.96. The van der Waals surface area contributed by atoms with Crippen molar-refractivity contribution in [3.63, 3.8) is 0 Å². The van der Waals surface area contributed by atoms with Crippen LogP contribution in [0.2, 0.25) is 0 Å². The van der Waals surface area contributed by atoms with Crippen molar-refractivity contribution in [3.05, 3.63) is 71.8 Å². The van der Waals surface area contributed by atoms with Crippen molar-refractivity contribution < 1.29 is 22.6 Å². The molecule has 1 aliphatic heterocycles. The standard InChI is InChI=1S/C18H11NO5S/c20-17-13-7-3-4-8-14(13)18(21)19(17)15-10-9-11-5-1-2-6-12(11)16(15)25(22,23)24/h1-10H,(H,22,23,24). The number of fused-ring (bicyclic) bond motifs is 2. The van der Waals surface area contributed by atoms with Crippen molar-refractivity contribution in [2.24, 2.45) is 0 Å². The largest absolute Gasteiger partial charge is 0.297 e. The predicted molar refractivity (Wildman–Crippen MR) is 91.3 cm³/mol. The van der Waals surface area contributed by atoms with Gasteiger partial charge in [-0.2, -0.15) is 8.42 Å². The quantitative estimate of drug-likeness (QED) is 0.565. The first kappa shape index (κ1) is 15.5. The van der Waals surface area contributed by atoms with Crippen LogP contribution in [-0.4, -0.2) is 24.8 Å². The molecule has 0 saturated carbocycles. The Morgan fingerprint density at radius 2 is 1.32 bits per heavy atom. The van der Waals surface area contributed by atoms with Crippen molar-refractivity contribution in [3.8, 4) is 0 Å². The molecule has 0 saturated heterocycles. The van der Waals surface area contributed by atoms with E-state index in [4.69, 9.17) is 0 Å². The van der Waals surface area contributed by atoms with E-state index in [9.17, 15) is 22.6 Å². The van der Waals surface area contributed by atoms with E-state index in [2.05, 4.69) is 0 Å². The summed E-state index contributed by atoms with van der Waals surface area (Å²) >= 11 is 0. The van der Waals surface area contributed by atoms with Crippen molar-refractivity contribution in [1.29, 1.82) is 0 Å². The normalized spacial score (nSPS) is 14.2. The monoisotopic (exact) mass is 353 g/mol. The van der Waals surface area contributed by atoms with Crippen molar-refractivity contribution in [2.45, 2.75) is 4.90 Å². The highest BCUT2D eigenvalue weighted by atomic mass is 32.2. The molecule has 6 nitrogen and oxygen atoms in total. The molecule has 1 heterocycles. The maximum Gasteiger partial charge on any atom is 0.297 e. The first-order valence-corrected chi connectivity index (χ1v) is 8.80. The number of rotatable bonds is 2. The number of anilines is 1. The lowest BCUT2D eigenvalue weighted by molar-refractivity contribution is 0.0925. The summed E-state index contributed by atoms with van der Waals surface area (Å²) < 4.78 is 33.8. The maximum atomic E-state index is 12.7. The van der Waals surface area contributed by atoms with Crippen molar-refractivity contribution in [1.82, 2.24) is 0 Å². The topological polar surface area (TPSA) is 91.8 Å². The minimum Gasteiger partial charge on any atom is -0.282 e. The Morgan fingerprint density at radius 3 is 1.92 bits per heavy atom. The zero-order valence-corrected chi connectivity index (χ0v) is 13.5.